The van der Waals surface area contributed by atoms with E-state index in [0.29, 0.717) is 0 Å². The smallest absolute Gasteiger partial charge is 0.237 e. The van der Waals surface area contributed by atoms with Gasteiger partial charge in [-0.25, -0.2) is 0 Å². The van der Waals surface area contributed by atoms with Crippen LogP contribution in [0, 0.1) is 5.92 Å². The van der Waals surface area contributed by atoms with Gasteiger partial charge in [0.15, 0.2) is 0 Å². The molecule has 1 rings (SSSR count). The van der Waals surface area contributed by atoms with E-state index >= 15 is 0 Å². The molecule has 0 unspecified atom stereocenters. The van der Waals surface area contributed by atoms with Crippen LogP contribution >= 0.6 is 0 Å². The average Bonchev–Trinajstić information content (AvgIpc) is 2.24. The van der Waals surface area contributed by atoms with Crippen molar-refractivity contribution in [3.05, 3.63) is 0 Å². The Morgan fingerprint density at radius 1 is 1.60 bits per heavy atom. The maximum Gasteiger partial charge on any atom is 0.237 e. The lowest BCUT2D eigenvalue weighted by Crippen LogP contribution is -2.48. The molecular formula is C12H24N2O. The summed E-state index contributed by atoms with van der Waals surface area (Å²) in [6, 6.07) is 0.0410. The minimum absolute atomic E-state index is 0.0410. The molecule has 0 saturated carbocycles. The lowest BCUT2D eigenvalue weighted by molar-refractivity contribution is -0.126. The third kappa shape index (κ3) is 3.82. The zero-order valence-electron chi connectivity index (χ0n) is 10.3. The van der Waals surface area contributed by atoms with Crippen LogP contribution in [0.1, 0.15) is 40.0 Å². The monoisotopic (exact) mass is 212 g/mol. The van der Waals surface area contributed by atoms with E-state index in [-0.39, 0.29) is 11.9 Å². The molecule has 2 atom stereocenters. The van der Waals surface area contributed by atoms with E-state index in [1.54, 1.807) is 0 Å². The number of amides is 1. The normalized spacial score (nSPS) is 24.9. The highest BCUT2D eigenvalue weighted by molar-refractivity contribution is 5.81. The van der Waals surface area contributed by atoms with Gasteiger partial charge in [0.1, 0.15) is 0 Å². The molecule has 0 spiro atoms. The molecule has 88 valence electrons. The number of nitrogens with zero attached hydrogens (tertiary/aromatic N) is 1. The minimum Gasteiger partial charge on any atom is -0.355 e. The third-order valence-corrected chi connectivity index (χ3v) is 3.16. The Kier molecular flexibility index (Phi) is 5.09. The van der Waals surface area contributed by atoms with E-state index in [0.717, 1.165) is 32.0 Å². The Balaban J connectivity index is 2.37. The SMILES string of the molecule is CCCNC(=O)[C@H](C)N1CCC[C@H](C)C1. The number of rotatable bonds is 4. The number of piperidine rings is 1. The Morgan fingerprint density at radius 2 is 2.33 bits per heavy atom. The van der Waals surface area contributed by atoms with Gasteiger partial charge in [-0.05, 0) is 38.6 Å². The molecule has 3 heteroatoms. The second-order valence-electron chi connectivity index (χ2n) is 4.71. The zero-order chi connectivity index (χ0) is 11.3. The summed E-state index contributed by atoms with van der Waals surface area (Å²) in [6.45, 7) is 9.30. The topological polar surface area (TPSA) is 32.3 Å². The quantitative estimate of drug-likeness (QED) is 0.768. The van der Waals surface area contributed by atoms with Crippen molar-refractivity contribution in [2.45, 2.75) is 46.1 Å². The van der Waals surface area contributed by atoms with Gasteiger partial charge in [0, 0.05) is 13.1 Å². The maximum absolute atomic E-state index is 11.8. The molecule has 15 heavy (non-hydrogen) atoms. The average molecular weight is 212 g/mol. The van der Waals surface area contributed by atoms with Crippen molar-refractivity contribution in [2.24, 2.45) is 5.92 Å². The summed E-state index contributed by atoms with van der Waals surface area (Å²) < 4.78 is 0. The summed E-state index contributed by atoms with van der Waals surface area (Å²) in [5.41, 5.74) is 0. The summed E-state index contributed by atoms with van der Waals surface area (Å²) in [4.78, 5) is 14.1. The van der Waals surface area contributed by atoms with E-state index < -0.39 is 0 Å². The molecule has 1 aliphatic rings. The van der Waals surface area contributed by atoms with Crippen LogP contribution in [0.2, 0.25) is 0 Å². The van der Waals surface area contributed by atoms with Gasteiger partial charge in [0.25, 0.3) is 0 Å². The summed E-state index contributed by atoms with van der Waals surface area (Å²) in [6.07, 6.45) is 3.54. The second kappa shape index (κ2) is 6.11. The predicted octanol–water partition coefficient (Wildman–Crippen LogP) is 1.63. The van der Waals surface area contributed by atoms with E-state index in [1.165, 1.54) is 12.8 Å². The molecule has 0 aromatic carbocycles. The summed E-state index contributed by atoms with van der Waals surface area (Å²) >= 11 is 0. The molecule has 0 aromatic rings. The van der Waals surface area contributed by atoms with Gasteiger partial charge in [-0.1, -0.05) is 13.8 Å². The largest absolute Gasteiger partial charge is 0.355 e. The summed E-state index contributed by atoms with van der Waals surface area (Å²) in [5.74, 6) is 0.922. The van der Waals surface area contributed by atoms with Gasteiger partial charge < -0.3 is 5.32 Å². The van der Waals surface area contributed by atoms with Crippen molar-refractivity contribution in [3.8, 4) is 0 Å². The highest BCUT2D eigenvalue weighted by atomic mass is 16.2. The lowest BCUT2D eigenvalue weighted by atomic mass is 9.99. The number of nitrogens with one attached hydrogen (secondary N) is 1. The maximum atomic E-state index is 11.8. The van der Waals surface area contributed by atoms with Gasteiger partial charge in [0.2, 0.25) is 5.91 Å². The van der Waals surface area contributed by atoms with Crippen molar-refractivity contribution >= 4 is 5.91 Å². The highest BCUT2D eigenvalue weighted by Crippen LogP contribution is 2.17. The van der Waals surface area contributed by atoms with Gasteiger partial charge >= 0.3 is 0 Å². The highest BCUT2D eigenvalue weighted by Gasteiger charge is 2.24. The van der Waals surface area contributed by atoms with E-state index in [9.17, 15) is 4.79 Å². The van der Waals surface area contributed by atoms with Gasteiger partial charge in [0.05, 0.1) is 6.04 Å². The Hall–Kier alpha value is -0.570. The molecule has 3 nitrogen and oxygen atoms in total. The first-order chi connectivity index (χ1) is 7.15. The second-order valence-corrected chi connectivity index (χ2v) is 4.71. The molecule has 1 amide bonds. The third-order valence-electron chi connectivity index (χ3n) is 3.16. The van der Waals surface area contributed by atoms with Crippen molar-refractivity contribution in [1.29, 1.82) is 0 Å². The Bertz CT molecular complexity index is 206. The van der Waals surface area contributed by atoms with E-state index in [4.69, 9.17) is 0 Å². The number of carbonyl (C=O) groups excluding carboxylic acids is 1. The molecule has 1 heterocycles. The van der Waals surface area contributed by atoms with Crippen LogP contribution in [0.15, 0.2) is 0 Å². The molecule has 0 bridgehead atoms. The first-order valence-corrected chi connectivity index (χ1v) is 6.17. The summed E-state index contributed by atoms with van der Waals surface area (Å²) in [5, 5.41) is 2.96. The van der Waals surface area contributed by atoms with Crippen LogP contribution in [0.5, 0.6) is 0 Å². The molecule has 0 aromatic heterocycles. The predicted molar refractivity (Wildman–Crippen MR) is 62.7 cm³/mol. The van der Waals surface area contributed by atoms with E-state index in [1.807, 2.05) is 6.92 Å². The van der Waals surface area contributed by atoms with E-state index in [2.05, 4.69) is 24.1 Å². The van der Waals surface area contributed by atoms with Gasteiger partial charge in [-0.2, -0.15) is 0 Å². The van der Waals surface area contributed by atoms with Crippen molar-refractivity contribution in [2.75, 3.05) is 19.6 Å². The Morgan fingerprint density at radius 3 is 2.93 bits per heavy atom. The molecular weight excluding hydrogens is 188 g/mol. The first-order valence-electron chi connectivity index (χ1n) is 6.17. The van der Waals surface area contributed by atoms with Crippen LogP contribution in [0.25, 0.3) is 0 Å². The van der Waals surface area contributed by atoms with Crippen molar-refractivity contribution in [3.63, 3.8) is 0 Å². The number of hydrogen-bond acceptors (Lipinski definition) is 2. The molecule has 1 saturated heterocycles. The lowest BCUT2D eigenvalue weighted by Gasteiger charge is -2.34. The van der Waals surface area contributed by atoms with Gasteiger partial charge in [-0.15, -0.1) is 0 Å². The Labute approximate surface area is 93.2 Å². The van der Waals surface area contributed by atoms with Crippen LogP contribution in [-0.2, 0) is 4.79 Å². The minimum atomic E-state index is 0.0410. The number of hydrogen-bond donors (Lipinski definition) is 1. The van der Waals surface area contributed by atoms with Crippen molar-refractivity contribution < 1.29 is 4.79 Å². The van der Waals surface area contributed by atoms with Crippen LogP contribution in [0.4, 0.5) is 0 Å². The van der Waals surface area contributed by atoms with Crippen molar-refractivity contribution in [1.82, 2.24) is 10.2 Å². The fourth-order valence-electron chi connectivity index (χ4n) is 2.14. The molecule has 1 N–H and O–H groups in total. The standard InChI is InChI=1S/C12H24N2O/c1-4-7-13-12(15)11(3)14-8-5-6-10(2)9-14/h10-11H,4-9H2,1-3H3,(H,13,15)/t10-,11-/m0/s1. The first kappa shape index (κ1) is 12.5. The summed E-state index contributed by atoms with van der Waals surface area (Å²) in [7, 11) is 0. The van der Waals surface area contributed by atoms with Gasteiger partial charge in [-0.3, -0.25) is 9.69 Å². The molecule has 1 aliphatic heterocycles. The zero-order valence-corrected chi connectivity index (χ0v) is 10.3. The number of carbonyl (C=O) groups is 1. The molecule has 0 aliphatic carbocycles. The molecule has 1 fully saturated rings. The molecule has 0 radical (unpaired) electrons. The number of likely N-dealkylation sites (tertiary alicyclic amines) is 1. The van der Waals surface area contributed by atoms with Crippen LogP contribution in [-0.4, -0.2) is 36.5 Å². The fraction of sp³-hybridized carbons (Fsp3) is 0.917. The van der Waals surface area contributed by atoms with Crippen LogP contribution < -0.4 is 5.32 Å². The van der Waals surface area contributed by atoms with Crippen LogP contribution in [0.3, 0.4) is 0 Å². The fourth-order valence-corrected chi connectivity index (χ4v) is 2.14.